The standard InChI is InChI=1S/C21H28N2O5/c1-15-20(28-13-12-27-15)21(25)23-10-8-16(9-11-23)6-7-19(24)22-17-4-3-5-18(14-17)26-2/h3-5,14,16H,6-13H2,1-2H3,(H,22,24). The maximum absolute atomic E-state index is 12.6. The molecule has 0 aliphatic carbocycles. The summed E-state index contributed by atoms with van der Waals surface area (Å²) in [6, 6.07) is 7.33. The summed E-state index contributed by atoms with van der Waals surface area (Å²) in [5.41, 5.74) is 0.739. The van der Waals surface area contributed by atoms with Gasteiger partial charge in [0, 0.05) is 31.3 Å². The number of piperidine rings is 1. The van der Waals surface area contributed by atoms with Crippen molar-refractivity contribution in [2.45, 2.75) is 32.6 Å². The van der Waals surface area contributed by atoms with Crippen LogP contribution in [0, 0.1) is 5.92 Å². The first-order valence-corrected chi connectivity index (χ1v) is 9.76. The van der Waals surface area contributed by atoms with Crippen LogP contribution < -0.4 is 10.1 Å². The highest BCUT2D eigenvalue weighted by Gasteiger charge is 2.29. The molecule has 152 valence electrons. The Morgan fingerprint density at radius 1 is 1.21 bits per heavy atom. The van der Waals surface area contributed by atoms with Crippen molar-refractivity contribution in [3.8, 4) is 5.75 Å². The molecule has 1 fully saturated rings. The third-order valence-corrected chi connectivity index (χ3v) is 5.20. The summed E-state index contributed by atoms with van der Waals surface area (Å²) in [6.07, 6.45) is 3.08. The van der Waals surface area contributed by atoms with E-state index in [1.54, 1.807) is 20.1 Å². The molecule has 0 spiro atoms. The third kappa shape index (κ3) is 5.18. The largest absolute Gasteiger partial charge is 0.497 e. The molecule has 1 aromatic rings. The number of allylic oxidation sites excluding steroid dienone is 1. The van der Waals surface area contributed by atoms with Crippen LogP contribution in [-0.4, -0.2) is 50.1 Å². The van der Waals surface area contributed by atoms with Crippen molar-refractivity contribution in [2.75, 3.05) is 38.7 Å². The van der Waals surface area contributed by atoms with Gasteiger partial charge < -0.3 is 24.4 Å². The normalized spacial score (nSPS) is 17.6. The van der Waals surface area contributed by atoms with Crippen molar-refractivity contribution in [2.24, 2.45) is 5.92 Å². The number of hydrogen-bond acceptors (Lipinski definition) is 5. The summed E-state index contributed by atoms with van der Waals surface area (Å²) in [7, 11) is 1.60. The zero-order chi connectivity index (χ0) is 19.9. The first-order chi connectivity index (χ1) is 13.6. The molecule has 2 aliphatic rings. The predicted octanol–water partition coefficient (Wildman–Crippen LogP) is 2.93. The molecule has 7 heteroatoms. The molecule has 1 N–H and O–H groups in total. The van der Waals surface area contributed by atoms with E-state index in [9.17, 15) is 9.59 Å². The van der Waals surface area contributed by atoms with E-state index in [0.717, 1.165) is 24.9 Å². The third-order valence-electron chi connectivity index (χ3n) is 5.20. The summed E-state index contributed by atoms with van der Waals surface area (Å²) >= 11 is 0. The zero-order valence-corrected chi connectivity index (χ0v) is 16.5. The number of ether oxygens (including phenoxy) is 3. The molecule has 0 bridgehead atoms. The second-order valence-electron chi connectivity index (χ2n) is 7.14. The smallest absolute Gasteiger partial charge is 0.292 e. The van der Waals surface area contributed by atoms with Gasteiger partial charge in [0.15, 0.2) is 0 Å². The Balaban J connectivity index is 1.41. The number of hydrogen-bond donors (Lipinski definition) is 1. The van der Waals surface area contributed by atoms with Crippen molar-refractivity contribution >= 4 is 17.5 Å². The molecule has 2 amide bonds. The highest BCUT2D eigenvalue weighted by atomic mass is 16.6. The number of anilines is 1. The van der Waals surface area contributed by atoms with Crippen LogP contribution in [0.1, 0.15) is 32.6 Å². The van der Waals surface area contributed by atoms with Crippen LogP contribution in [0.15, 0.2) is 35.8 Å². The molecule has 0 aromatic heterocycles. The van der Waals surface area contributed by atoms with Gasteiger partial charge in [-0.15, -0.1) is 0 Å². The van der Waals surface area contributed by atoms with Gasteiger partial charge in [-0.1, -0.05) is 6.07 Å². The van der Waals surface area contributed by atoms with Crippen LogP contribution in [0.25, 0.3) is 0 Å². The number of methoxy groups -OCH3 is 1. The van der Waals surface area contributed by atoms with Crippen LogP contribution in [0.2, 0.25) is 0 Å². The maximum atomic E-state index is 12.6. The SMILES string of the molecule is COc1cccc(NC(=O)CCC2CCN(C(=O)C3=C(C)OCCO3)CC2)c1. The Morgan fingerprint density at radius 3 is 2.68 bits per heavy atom. The molecular formula is C21H28N2O5. The summed E-state index contributed by atoms with van der Waals surface area (Å²) in [4.78, 5) is 26.6. The number of benzene rings is 1. The van der Waals surface area contributed by atoms with Gasteiger partial charge in [-0.05, 0) is 44.2 Å². The Labute approximate surface area is 165 Å². The number of likely N-dealkylation sites (tertiary alicyclic amines) is 1. The van der Waals surface area contributed by atoms with Crippen molar-refractivity contribution < 1.29 is 23.8 Å². The molecule has 2 heterocycles. The van der Waals surface area contributed by atoms with E-state index in [1.165, 1.54) is 0 Å². The topological polar surface area (TPSA) is 77.1 Å². The number of rotatable bonds is 6. The van der Waals surface area contributed by atoms with Crippen molar-refractivity contribution in [1.29, 1.82) is 0 Å². The summed E-state index contributed by atoms with van der Waals surface area (Å²) in [6.45, 7) is 4.03. The molecule has 3 rings (SSSR count). The van der Waals surface area contributed by atoms with E-state index in [2.05, 4.69) is 5.32 Å². The van der Waals surface area contributed by atoms with Crippen LogP contribution in [0.4, 0.5) is 5.69 Å². The lowest BCUT2D eigenvalue weighted by Gasteiger charge is -2.33. The average molecular weight is 388 g/mol. The highest BCUT2D eigenvalue weighted by molar-refractivity contribution is 5.92. The Hall–Kier alpha value is -2.70. The van der Waals surface area contributed by atoms with Gasteiger partial charge in [-0.3, -0.25) is 9.59 Å². The number of amides is 2. The lowest BCUT2D eigenvalue weighted by Crippen LogP contribution is -2.40. The predicted molar refractivity (Wildman–Crippen MR) is 105 cm³/mol. The van der Waals surface area contributed by atoms with Gasteiger partial charge in [0.2, 0.25) is 11.7 Å². The maximum Gasteiger partial charge on any atom is 0.292 e. The van der Waals surface area contributed by atoms with E-state index in [-0.39, 0.29) is 11.8 Å². The first-order valence-electron chi connectivity index (χ1n) is 9.76. The van der Waals surface area contributed by atoms with E-state index < -0.39 is 0 Å². The van der Waals surface area contributed by atoms with Crippen molar-refractivity contribution in [1.82, 2.24) is 4.90 Å². The van der Waals surface area contributed by atoms with Crippen LogP contribution in [0.3, 0.4) is 0 Å². The Morgan fingerprint density at radius 2 is 1.96 bits per heavy atom. The molecule has 28 heavy (non-hydrogen) atoms. The number of nitrogens with one attached hydrogen (secondary N) is 1. The zero-order valence-electron chi connectivity index (χ0n) is 16.5. The second kappa shape index (κ2) is 9.48. The number of carbonyl (C=O) groups is 2. The fourth-order valence-corrected chi connectivity index (χ4v) is 3.55. The van der Waals surface area contributed by atoms with Gasteiger partial charge in [0.25, 0.3) is 5.91 Å². The van der Waals surface area contributed by atoms with Crippen LogP contribution in [0.5, 0.6) is 5.75 Å². The highest BCUT2D eigenvalue weighted by Crippen LogP contribution is 2.25. The minimum atomic E-state index is -0.0913. The monoisotopic (exact) mass is 388 g/mol. The van der Waals surface area contributed by atoms with E-state index in [0.29, 0.717) is 55.9 Å². The van der Waals surface area contributed by atoms with Gasteiger partial charge in [-0.2, -0.15) is 0 Å². The molecule has 1 saturated heterocycles. The first kappa shape index (κ1) is 20.0. The van der Waals surface area contributed by atoms with Crippen LogP contribution in [-0.2, 0) is 19.1 Å². The quantitative estimate of drug-likeness (QED) is 0.811. The summed E-state index contributed by atoms with van der Waals surface area (Å²) < 4.78 is 16.1. The fourth-order valence-electron chi connectivity index (χ4n) is 3.55. The summed E-state index contributed by atoms with van der Waals surface area (Å²) in [5.74, 6) is 1.97. The van der Waals surface area contributed by atoms with Crippen molar-refractivity contribution in [3.63, 3.8) is 0 Å². The summed E-state index contributed by atoms with van der Waals surface area (Å²) in [5, 5.41) is 2.91. The molecular weight excluding hydrogens is 360 g/mol. The van der Waals surface area contributed by atoms with Crippen LogP contribution >= 0.6 is 0 Å². The van der Waals surface area contributed by atoms with Crippen molar-refractivity contribution in [3.05, 3.63) is 35.8 Å². The van der Waals surface area contributed by atoms with Gasteiger partial charge >= 0.3 is 0 Å². The molecule has 1 aromatic carbocycles. The number of carbonyl (C=O) groups excluding carboxylic acids is 2. The van der Waals surface area contributed by atoms with E-state index in [1.807, 2.05) is 23.1 Å². The molecule has 0 saturated carbocycles. The van der Waals surface area contributed by atoms with Gasteiger partial charge in [0.1, 0.15) is 24.7 Å². The minimum absolute atomic E-state index is 0.000272. The lowest BCUT2D eigenvalue weighted by atomic mass is 9.92. The second-order valence-corrected chi connectivity index (χ2v) is 7.14. The van der Waals surface area contributed by atoms with E-state index >= 15 is 0 Å². The fraction of sp³-hybridized carbons (Fsp3) is 0.524. The Kier molecular flexibility index (Phi) is 6.79. The van der Waals surface area contributed by atoms with E-state index in [4.69, 9.17) is 14.2 Å². The molecule has 0 radical (unpaired) electrons. The van der Waals surface area contributed by atoms with Gasteiger partial charge in [-0.25, -0.2) is 0 Å². The lowest BCUT2D eigenvalue weighted by molar-refractivity contribution is -0.134. The van der Waals surface area contributed by atoms with Gasteiger partial charge in [0.05, 0.1) is 7.11 Å². The number of nitrogens with zero attached hydrogens (tertiary/aromatic N) is 1. The molecule has 7 nitrogen and oxygen atoms in total. The molecule has 0 atom stereocenters. The minimum Gasteiger partial charge on any atom is -0.497 e. The molecule has 2 aliphatic heterocycles. The Bertz CT molecular complexity index is 738. The molecule has 0 unspecified atom stereocenters. The average Bonchev–Trinajstić information content (AvgIpc) is 2.72.